The van der Waals surface area contributed by atoms with Crippen LogP contribution in [0.4, 0.5) is 0 Å². The minimum Gasteiger partial charge on any atom is -0.360 e. The summed E-state index contributed by atoms with van der Waals surface area (Å²) in [4.78, 5) is 0. The molecule has 1 aromatic carbocycles. The van der Waals surface area contributed by atoms with Crippen molar-refractivity contribution < 1.29 is 4.74 Å². The Morgan fingerprint density at radius 3 is 3.00 bits per heavy atom. The van der Waals surface area contributed by atoms with Gasteiger partial charge in [-0.05, 0) is 48.7 Å². The molecule has 0 aliphatic heterocycles. The van der Waals surface area contributed by atoms with Gasteiger partial charge in [0.25, 0.3) is 0 Å². The lowest BCUT2D eigenvalue weighted by atomic mass is 10.1. The summed E-state index contributed by atoms with van der Waals surface area (Å²) in [5.41, 5.74) is 2.67. The van der Waals surface area contributed by atoms with Crippen LogP contribution in [-0.2, 0) is 18.0 Å². The van der Waals surface area contributed by atoms with Gasteiger partial charge in [-0.1, -0.05) is 25.1 Å². The molecule has 1 fully saturated rings. The number of nitrogens with zero attached hydrogens (tertiary/aromatic N) is 1. The molecule has 0 spiro atoms. The van der Waals surface area contributed by atoms with Crippen molar-refractivity contribution in [3.8, 4) is 0 Å². The van der Waals surface area contributed by atoms with E-state index in [0.29, 0.717) is 6.73 Å². The molecule has 3 nitrogen and oxygen atoms in total. The van der Waals surface area contributed by atoms with E-state index in [1.54, 1.807) is 0 Å². The van der Waals surface area contributed by atoms with Crippen LogP contribution >= 0.6 is 0 Å². The quantitative estimate of drug-likeness (QED) is 0.744. The number of rotatable bonds is 8. The summed E-state index contributed by atoms with van der Waals surface area (Å²) in [7, 11) is 0. The third-order valence-corrected chi connectivity index (χ3v) is 3.90. The van der Waals surface area contributed by atoms with Crippen molar-refractivity contribution in [2.24, 2.45) is 5.92 Å². The maximum atomic E-state index is 5.83. The fourth-order valence-corrected chi connectivity index (χ4v) is 2.59. The number of fused-ring (bicyclic) bond motifs is 1. The first kappa shape index (κ1) is 13.7. The van der Waals surface area contributed by atoms with Crippen molar-refractivity contribution in [2.45, 2.75) is 39.5 Å². The van der Waals surface area contributed by atoms with Crippen LogP contribution in [0.5, 0.6) is 0 Å². The van der Waals surface area contributed by atoms with Crippen LogP contribution in [0.2, 0.25) is 0 Å². The zero-order valence-electron chi connectivity index (χ0n) is 12.3. The number of hydrogen-bond donors (Lipinski definition) is 1. The Bertz CT molecular complexity index is 557. The second-order valence-electron chi connectivity index (χ2n) is 5.76. The van der Waals surface area contributed by atoms with E-state index < -0.39 is 0 Å². The van der Waals surface area contributed by atoms with Crippen molar-refractivity contribution in [3.05, 3.63) is 36.0 Å². The molecule has 2 aromatic rings. The summed E-state index contributed by atoms with van der Waals surface area (Å²) in [5.74, 6) is 0.822. The first-order valence-electron chi connectivity index (χ1n) is 7.73. The molecular formula is C17H24N2O. The lowest BCUT2D eigenvalue weighted by Gasteiger charge is -2.11. The Balaban J connectivity index is 1.72. The second-order valence-corrected chi connectivity index (χ2v) is 5.76. The van der Waals surface area contributed by atoms with Gasteiger partial charge in [-0.2, -0.15) is 0 Å². The normalized spacial score (nSPS) is 15.1. The summed E-state index contributed by atoms with van der Waals surface area (Å²) in [5, 5.41) is 4.79. The molecule has 3 rings (SSSR count). The molecule has 0 radical (unpaired) electrons. The van der Waals surface area contributed by atoms with Crippen molar-refractivity contribution >= 4 is 10.9 Å². The standard InChI is InChI=1S/C17H24N2O/c1-2-9-18-11-16-5-3-4-15-8-10-19(17(15)16)13-20-12-14-6-7-14/h3-5,8,10,14,18H,2,6-7,9,11-13H2,1H3. The highest BCUT2D eigenvalue weighted by atomic mass is 16.5. The number of ether oxygens (including phenoxy) is 1. The van der Waals surface area contributed by atoms with Crippen molar-refractivity contribution in [2.75, 3.05) is 13.2 Å². The van der Waals surface area contributed by atoms with Gasteiger partial charge in [0.1, 0.15) is 6.73 Å². The van der Waals surface area contributed by atoms with E-state index >= 15 is 0 Å². The lowest BCUT2D eigenvalue weighted by molar-refractivity contribution is 0.0717. The van der Waals surface area contributed by atoms with Gasteiger partial charge in [0.15, 0.2) is 0 Å². The Morgan fingerprint density at radius 1 is 1.30 bits per heavy atom. The third kappa shape index (κ3) is 3.22. The van der Waals surface area contributed by atoms with Crippen LogP contribution < -0.4 is 5.32 Å². The van der Waals surface area contributed by atoms with E-state index in [-0.39, 0.29) is 0 Å². The first-order valence-corrected chi connectivity index (χ1v) is 7.73. The maximum Gasteiger partial charge on any atom is 0.122 e. The zero-order chi connectivity index (χ0) is 13.8. The monoisotopic (exact) mass is 272 g/mol. The third-order valence-electron chi connectivity index (χ3n) is 3.90. The van der Waals surface area contributed by atoms with Crippen molar-refractivity contribution in [3.63, 3.8) is 0 Å². The number of hydrogen-bond acceptors (Lipinski definition) is 2. The lowest BCUT2D eigenvalue weighted by Crippen LogP contribution is -2.15. The predicted octanol–water partition coefficient (Wildman–Crippen LogP) is 3.53. The molecule has 108 valence electrons. The van der Waals surface area contributed by atoms with Crippen LogP contribution in [0.1, 0.15) is 31.7 Å². The molecule has 0 bridgehead atoms. The molecule has 1 aliphatic carbocycles. The SMILES string of the molecule is CCCNCc1cccc2ccn(COCC3CC3)c12. The van der Waals surface area contributed by atoms with Gasteiger partial charge in [0.05, 0.1) is 12.1 Å². The highest BCUT2D eigenvalue weighted by molar-refractivity contribution is 5.83. The number of nitrogens with one attached hydrogen (secondary N) is 1. The van der Waals surface area contributed by atoms with Crippen molar-refractivity contribution in [1.82, 2.24) is 9.88 Å². The Morgan fingerprint density at radius 2 is 2.20 bits per heavy atom. The molecular weight excluding hydrogens is 248 g/mol. The molecule has 3 heteroatoms. The highest BCUT2D eigenvalue weighted by Gasteiger charge is 2.21. The number of benzene rings is 1. The van der Waals surface area contributed by atoms with Gasteiger partial charge < -0.3 is 14.6 Å². The first-order chi connectivity index (χ1) is 9.88. The molecule has 0 amide bonds. The average molecular weight is 272 g/mol. The largest absolute Gasteiger partial charge is 0.360 e. The van der Waals surface area contributed by atoms with Crippen molar-refractivity contribution in [1.29, 1.82) is 0 Å². The van der Waals surface area contributed by atoms with Gasteiger partial charge in [0.2, 0.25) is 0 Å². The Hall–Kier alpha value is -1.32. The number of para-hydroxylation sites is 1. The number of aromatic nitrogens is 1. The molecule has 1 saturated carbocycles. The fraction of sp³-hybridized carbons (Fsp3) is 0.529. The Labute approximate surface area is 120 Å². The Kier molecular flexibility index (Phi) is 4.38. The minimum atomic E-state index is 0.671. The van der Waals surface area contributed by atoms with Crippen LogP contribution in [0.3, 0.4) is 0 Å². The molecule has 1 heterocycles. The van der Waals surface area contributed by atoms with Crippen LogP contribution in [0.15, 0.2) is 30.5 Å². The summed E-state index contributed by atoms with van der Waals surface area (Å²) in [6.45, 7) is 5.77. The van der Waals surface area contributed by atoms with Crippen LogP contribution in [0, 0.1) is 5.92 Å². The van der Waals surface area contributed by atoms with E-state index in [4.69, 9.17) is 4.74 Å². The summed E-state index contributed by atoms with van der Waals surface area (Å²) in [6, 6.07) is 8.71. The topological polar surface area (TPSA) is 26.2 Å². The molecule has 0 saturated heterocycles. The van der Waals surface area contributed by atoms with E-state index in [2.05, 4.69) is 47.3 Å². The van der Waals surface area contributed by atoms with Crippen LogP contribution in [-0.4, -0.2) is 17.7 Å². The van der Waals surface area contributed by atoms with Crippen LogP contribution in [0.25, 0.3) is 10.9 Å². The molecule has 0 atom stereocenters. The summed E-state index contributed by atoms with van der Waals surface area (Å²) >= 11 is 0. The smallest absolute Gasteiger partial charge is 0.122 e. The van der Waals surface area contributed by atoms with Gasteiger partial charge in [0, 0.05) is 12.7 Å². The molecule has 1 N–H and O–H groups in total. The van der Waals surface area contributed by atoms with Gasteiger partial charge in [-0.15, -0.1) is 0 Å². The van der Waals surface area contributed by atoms with Gasteiger partial charge >= 0.3 is 0 Å². The van der Waals surface area contributed by atoms with E-state index in [1.807, 2.05) is 0 Å². The summed E-state index contributed by atoms with van der Waals surface area (Å²) in [6.07, 6.45) is 6.00. The fourth-order valence-electron chi connectivity index (χ4n) is 2.59. The predicted molar refractivity (Wildman–Crippen MR) is 82.6 cm³/mol. The minimum absolute atomic E-state index is 0.671. The van der Waals surface area contributed by atoms with E-state index in [9.17, 15) is 0 Å². The maximum absolute atomic E-state index is 5.83. The van der Waals surface area contributed by atoms with Gasteiger partial charge in [-0.3, -0.25) is 0 Å². The van der Waals surface area contributed by atoms with E-state index in [1.165, 1.54) is 35.7 Å². The molecule has 1 aromatic heterocycles. The zero-order valence-corrected chi connectivity index (χ0v) is 12.3. The second kappa shape index (κ2) is 6.42. The van der Waals surface area contributed by atoms with E-state index in [0.717, 1.165) is 25.6 Å². The summed E-state index contributed by atoms with van der Waals surface area (Å²) < 4.78 is 8.07. The average Bonchev–Trinajstić information content (AvgIpc) is 3.19. The highest BCUT2D eigenvalue weighted by Crippen LogP contribution is 2.29. The molecule has 0 unspecified atom stereocenters. The molecule has 1 aliphatic rings. The van der Waals surface area contributed by atoms with Gasteiger partial charge in [-0.25, -0.2) is 0 Å². The molecule has 20 heavy (non-hydrogen) atoms.